The molecule has 162 valence electrons. The summed E-state index contributed by atoms with van der Waals surface area (Å²) in [5.41, 5.74) is 1.37. The van der Waals surface area contributed by atoms with Crippen LogP contribution in [-0.2, 0) is 10.0 Å². The van der Waals surface area contributed by atoms with Crippen LogP contribution in [0.5, 0.6) is 11.5 Å². The second-order valence-electron chi connectivity index (χ2n) is 6.58. The Labute approximate surface area is 182 Å². The third kappa shape index (κ3) is 4.97. The molecular formula is C23H24N2O5S. The van der Waals surface area contributed by atoms with Crippen molar-refractivity contribution >= 4 is 27.3 Å². The Hall–Kier alpha value is -3.52. The van der Waals surface area contributed by atoms with Crippen molar-refractivity contribution in [1.29, 1.82) is 0 Å². The Bertz CT molecular complexity index is 1140. The Morgan fingerprint density at radius 1 is 0.968 bits per heavy atom. The Morgan fingerprint density at radius 3 is 2.23 bits per heavy atom. The lowest BCUT2D eigenvalue weighted by molar-refractivity contribution is 0.102. The van der Waals surface area contributed by atoms with Crippen molar-refractivity contribution < 1.29 is 22.7 Å². The molecule has 1 N–H and O–H groups in total. The highest BCUT2D eigenvalue weighted by Crippen LogP contribution is 2.31. The Balaban J connectivity index is 1.76. The zero-order valence-electron chi connectivity index (χ0n) is 17.5. The molecule has 3 rings (SSSR count). The topological polar surface area (TPSA) is 84.9 Å². The van der Waals surface area contributed by atoms with Crippen LogP contribution in [0, 0.1) is 0 Å². The number of hydrogen-bond acceptors (Lipinski definition) is 5. The van der Waals surface area contributed by atoms with Crippen molar-refractivity contribution in [2.75, 3.05) is 30.4 Å². The number of carbonyl (C=O) groups excluding carboxylic acids is 1. The summed E-state index contributed by atoms with van der Waals surface area (Å²) in [5, 5.41) is 2.78. The van der Waals surface area contributed by atoms with Crippen LogP contribution in [-0.4, -0.2) is 35.1 Å². The van der Waals surface area contributed by atoms with Crippen LogP contribution in [0.1, 0.15) is 17.3 Å². The summed E-state index contributed by atoms with van der Waals surface area (Å²) in [6.45, 7) is 2.46. The third-order valence-electron chi connectivity index (χ3n) is 4.62. The number of ether oxygens (including phenoxy) is 2. The van der Waals surface area contributed by atoms with E-state index in [1.807, 2.05) is 6.92 Å². The van der Waals surface area contributed by atoms with Crippen molar-refractivity contribution in [3.05, 3.63) is 78.4 Å². The molecule has 0 saturated heterocycles. The maximum absolute atomic E-state index is 13.0. The first-order chi connectivity index (χ1) is 14.9. The summed E-state index contributed by atoms with van der Waals surface area (Å²) in [6.07, 6.45) is 0. The number of anilines is 2. The molecule has 0 saturated carbocycles. The predicted molar refractivity (Wildman–Crippen MR) is 121 cm³/mol. The molecule has 8 heteroatoms. The molecule has 0 radical (unpaired) electrons. The highest BCUT2D eigenvalue weighted by molar-refractivity contribution is 7.92. The minimum absolute atomic E-state index is 0.0681. The zero-order chi connectivity index (χ0) is 22.4. The van der Waals surface area contributed by atoms with Gasteiger partial charge in [-0.15, -0.1) is 0 Å². The van der Waals surface area contributed by atoms with E-state index in [0.717, 1.165) is 4.31 Å². The highest BCUT2D eigenvalue weighted by Gasteiger charge is 2.24. The van der Waals surface area contributed by atoms with E-state index in [1.165, 1.54) is 38.4 Å². The lowest BCUT2D eigenvalue weighted by atomic mass is 10.2. The summed E-state index contributed by atoms with van der Waals surface area (Å²) < 4.78 is 37.8. The second-order valence-corrected chi connectivity index (χ2v) is 8.55. The van der Waals surface area contributed by atoms with E-state index in [0.29, 0.717) is 35.0 Å². The molecular weight excluding hydrogens is 416 g/mol. The number of amides is 1. The molecule has 0 atom stereocenters. The van der Waals surface area contributed by atoms with E-state index in [9.17, 15) is 13.2 Å². The monoisotopic (exact) mass is 440 g/mol. The number of sulfonamides is 1. The number of carbonyl (C=O) groups is 1. The minimum Gasteiger partial charge on any atom is -0.495 e. The molecule has 0 aliphatic carbocycles. The molecule has 0 unspecified atom stereocenters. The van der Waals surface area contributed by atoms with Gasteiger partial charge in [-0.05, 0) is 67.6 Å². The minimum atomic E-state index is -3.83. The summed E-state index contributed by atoms with van der Waals surface area (Å²) in [6, 6.07) is 19.6. The van der Waals surface area contributed by atoms with Gasteiger partial charge in [0, 0.05) is 18.3 Å². The van der Waals surface area contributed by atoms with Crippen LogP contribution in [0.15, 0.2) is 77.7 Å². The first-order valence-electron chi connectivity index (χ1n) is 9.63. The maximum atomic E-state index is 13.0. The number of nitrogens with zero attached hydrogens (tertiary/aromatic N) is 1. The summed E-state index contributed by atoms with van der Waals surface area (Å²) >= 11 is 0. The second kappa shape index (κ2) is 9.53. The fraction of sp³-hybridized carbons (Fsp3) is 0.174. The van der Waals surface area contributed by atoms with Gasteiger partial charge in [0.25, 0.3) is 15.9 Å². The van der Waals surface area contributed by atoms with Gasteiger partial charge in [-0.2, -0.15) is 0 Å². The normalized spacial score (nSPS) is 10.9. The molecule has 7 nitrogen and oxygen atoms in total. The fourth-order valence-corrected chi connectivity index (χ4v) is 4.17. The van der Waals surface area contributed by atoms with Crippen molar-refractivity contribution in [3.8, 4) is 11.5 Å². The van der Waals surface area contributed by atoms with E-state index in [4.69, 9.17) is 9.47 Å². The van der Waals surface area contributed by atoms with Crippen LogP contribution in [0.2, 0.25) is 0 Å². The van der Waals surface area contributed by atoms with E-state index < -0.39 is 10.0 Å². The molecule has 3 aromatic rings. The number of hydrogen-bond donors (Lipinski definition) is 1. The third-order valence-corrected chi connectivity index (χ3v) is 6.41. The average molecular weight is 441 g/mol. The lowest BCUT2D eigenvalue weighted by Gasteiger charge is -2.21. The average Bonchev–Trinajstić information content (AvgIpc) is 2.80. The van der Waals surface area contributed by atoms with Gasteiger partial charge < -0.3 is 14.8 Å². The van der Waals surface area contributed by atoms with Crippen molar-refractivity contribution in [1.82, 2.24) is 0 Å². The van der Waals surface area contributed by atoms with Crippen LogP contribution in [0.4, 0.5) is 11.4 Å². The van der Waals surface area contributed by atoms with Crippen molar-refractivity contribution in [2.24, 2.45) is 0 Å². The number of para-hydroxylation sites is 2. The molecule has 0 bridgehead atoms. The van der Waals surface area contributed by atoms with Crippen molar-refractivity contribution in [2.45, 2.75) is 11.8 Å². The highest BCUT2D eigenvalue weighted by atomic mass is 32.2. The number of nitrogens with one attached hydrogen (secondary N) is 1. The summed E-state index contributed by atoms with van der Waals surface area (Å²) in [5.74, 6) is 0.820. The first-order valence-corrected chi connectivity index (χ1v) is 11.1. The van der Waals surface area contributed by atoms with Gasteiger partial charge in [-0.1, -0.05) is 12.1 Å². The predicted octanol–water partition coefficient (Wildman–Crippen LogP) is 4.17. The molecule has 3 aromatic carbocycles. The largest absolute Gasteiger partial charge is 0.495 e. The number of benzene rings is 3. The van der Waals surface area contributed by atoms with Gasteiger partial charge in [0.15, 0.2) is 0 Å². The fourth-order valence-electron chi connectivity index (χ4n) is 2.96. The number of methoxy groups -OCH3 is 1. The van der Waals surface area contributed by atoms with Crippen LogP contribution in [0.3, 0.4) is 0 Å². The van der Waals surface area contributed by atoms with Gasteiger partial charge in [0.05, 0.1) is 24.3 Å². The summed E-state index contributed by atoms with van der Waals surface area (Å²) in [7, 11) is -0.887. The molecule has 0 heterocycles. The van der Waals surface area contributed by atoms with E-state index in [-0.39, 0.29) is 10.8 Å². The quantitative estimate of drug-likeness (QED) is 0.568. The molecule has 0 spiro atoms. The molecule has 0 aromatic heterocycles. The summed E-state index contributed by atoms with van der Waals surface area (Å²) in [4.78, 5) is 12.6. The molecule has 0 fully saturated rings. The van der Waals surface area contributed by atoms with Gasteiger partial charge in [-0.3, -0.25) is 9.10 Å². The van der Waals surface area contributed by atoms with Crippen LogP contribution < -0.4 is 19.1 Å². The van der Waals surface area contributed by atoms with E-state index >= 15 is 0 Å². The molecule has 0 aliphatic rings. The van der Waals surface area contributed by atoms with Gasteiger partial charge in [-0.25, -0.2) is 8.42 Å². The Kier molecular flexibility index (Phi) is 6.81. The molecule has 0 aliphatic heterocycles. The van der Waals surface area contributed by atoms with Gasteiger partial charge in [0.2, 0.25) is 0 Å². The van der Waals surface area contributed by atoms with E-state index in [2.05, 4.69) is 5.32 Å². The maximum Gasteiger partial charge on any atom is 0.264 e. The first kappa shape index (κ1) is 22.2. The molecule has 31 heavy (non-hydrogen) atoms. The van der Waals surface area contributed by atoms with Crippen molar-refractivity contribution in [3.63, 3.8) is 0 Å². The smallest absolute Gasteiger partial charge is 0.264 e. The van der Waals surface area contributed by atoms with Gasteiger partial charge >= 0.3 is 0 Å². The number of rotatable bonds is 8. The molecule has 1 amide bonds. The van der Waals surface area contributed by atoms with Crippen LogP contribution >= 0.6 is 0 Å². The Morgan fingerprint density at radius 2 is 1.61 bits per heavy atom. The van der Waals surface area contributed by atoms with E-state index in [1.54, 1.807) is 48.5 Å². The SMILES string of the molecule is CCOc1ccc(NC(=O)c2ccc(S(=O)(=O)N(C)c3ccccc3OC)cc2)cc1. The standard InChI is InChI=1S/C23H24N2O5S/c1-4-30-19-13-11-18(12-14-19)24-23(26)17-9-15-20(16-10-17)31(27,28)25(2)21-7-5-6-8-22(21)29-3/h5-16H,4H2,1-3H3,(H,24,26). The van der Waals surface area contributed by atoms with Crippen LogP contribution in [0.25, 0.3) is 0 Å². The van der Waals surface area contributed by atoms with Gasteiger partial charge in [0.1, 0.15) is 11.5 Å². The lowest BCUT2D eigenvalue weighted by Crippen LogP contribution is -2.27. The zero-order valence-corrected chi connectivity index (χ0v) is 18.3.